The fraction of sp³-hybridized carbons (Fsp3) is 0.346. The summed E-state index contributed by atoms with van der Waals surface area (Å²) in [5.74, 6) is 2.10. The summed E-state index contributed by atoms with van der Waals surface area (Å²) in [5, 5.41) is -0.247. The summed E-state index contributed by atoms with van der Waals surface area (Å²) >= 11 is 0. The van der Waals surface area contributed by atoms with Gasteiger partial charge in [0.2, 0.25) is 15.9 Å². The Kier molecular flexibility index (Phi) is 6.54. The van der Waals surface area contributed by atoms with Gasteiger partial charge in [-0.15, -0.1) is 0 Å². The number of nitrogens with zero attached hydrogens (tertiary/aromatic N) is 2. The molecule has 7 nitrogen and oxygen atoms in total. The molecule has 2 heterocycles. The molecule has 178 valence electrons. The zero-order valence-corrected chi connectivity index (χ0v) is 19.9. The standard InChI is InChI=1S/C26H29N3O4S/c1-32-25-13-10-20(17-27-25)26-24(28-34(30,31)23-11-12-23)14-15-29(26)18-19-6-5-9-22(16-19)33-21-7-3-2-4-8-21/h2-10,13,16-17,23-24,26,28H,11-12,14-15,18H2,1H3. The monoisotopic (exact) mass is 479 g/mol. The van der Waals surface area contributed by atoms with E-state index in [4.69, 9.17) is 9.47 Å². The zero-order chi connectivity index (χ0) is 23.5. The van der Waals surface area contributed by atoms with Crippen LogP contribution in [0, 0.1) is 0 Å². The number of rotatable bonds is 9. The van der Waals surface area contributed by atoms with Crippen LogP contribution in [-0.2, 0) is 16.6 Å². The molecular formula is C26H29N3O4S. The predicted molar refractivity (Wildman–Crippen MR) is 130 cm³/mol. The van der Waals surface area contributed by atoms with Gasteiger partial charge >= 0.3 is 0 Å². The van der Waals surface area contributed by atoms with E-state index in [9.17, 15) is 8.42 Å². The van der Waals surface area contributed by atoms with Crippen LogP contribution in [0.5, 0.6) is 17.4 Å². The number of nitrogens with one attached hydrogen (secondary N) is 1. The van der Waals surface area contributed by atoms with Crippen LogP contribution in [0.1, 0.15) is 36.4 Å². The van der Waals surface area contributed by atoms with Crippen molar-refractivity contribution < 1.29 is 17.9 Å². The lowest BCUT2D eigenvalue weighted by Crippen LogP contribution is -2.41. The highest BCUT2D eigenvalue weighted by Gasteiger charge is 2.42. The number of benzene rings is 2. The van der Waals surface area contributed by atoms with Crippen molar-refractivity contribution in [2.45, 2.75) is 43.1 Å². The summed E-state index contributed by atoms with van der Waals surface area (Å²) < 4.78 is 39.7. The van der Waals surface area contributed by atoms with E-state index in [1.165, 1.54) is 0 Å². The Morgan fingerprint density at radius 1 is 1.00 bits per heavy atom. The minimum absolute atomic E-state index is 0.120. The van der Waals surface area contributed by atoms with E-state index < -0.39 is 10.0 Å². The van der Waals surface area contributed by atoms with Gasteiger partial charge in [-0.1, -0.05) is 36.4 Å². The van der Waals surface area contributed by atoms with Crippen molar-refractivity contribution in [1.29, 1.82) is 0 Å². The van der Waals surface area contributed by atoms with E-state index in [-0.39, 0.29) is 17.3 Å². The van der Waals surface area contributed by atoms with Gasteiger partial charge in [0, 0.05) is 31.4 Å². The van der Waals surface area contributed by atoms with Crippen LogP contribution in [0.15, 0.2) is 72.9 Å². The van der Waals surface area contributed by atoms with E-state index in [1.807, 2.05) is 60.7 Å². The van der Waals surface area contributed by atoms with Crippen LogP contribution in [0.4, 0.5) is 0 Å². The Labute approximate surface area is 200 Å². The lowest BCUT2D eigenvalue weighted by atomic mass is 10.0. The van der Waals surface area contributed by atoms with Gasteiger partial charge in [0.15, 0.2) is 0 Å². The third kappa shape index (κ3) is 5.24. The average molecular weight is 480 g/mol. The van der Waals surface area contributed by atoms with Crippen LogP contribution in [-0.4, -0.2) is 43.2 Å². The van der Waals surface area contributed by atoms with Crippen molar-refractivity contribution in [3.05, 3.63) is 84.1 Å². The molecule has 34 heavy (non-hydrogen) atoms. The quantitative estimate of drug-likeness (QED) is 0.493. The second-order valence-electron chi connectivity index (χ2n) is 8.87. The Morgan fingerprint density at radius 2 is 1.79 bits per heavy atom. The maximum Gasteiger partial charge on any atom is 0.214 e. The van der Waals surface area contributed by atoms with Crippen LogP contribution in [0.25, 0.3) is 0 Å². The molecule has 1 saturated carbocycles. The number of hydrogen-bond acceptors (Lipinski definition) is 6. The minimum atomic E-state index is -3.30. The summed E-state index contributed by atoms with van der Waals surface area (Å²) in [6, 6.07) is 21.2. The zero-order valence-electron chi connectivity index (χ0n) is 19.1. The Balaban J connectivity index is 1.37. The molecule has 1 saturated heterocycles. The van der Waals surface area contributed by atoms with Crippen molar-refractivity contribution >= 4 is 10.0 Å². The number of likely N-dealkylation sites (tertiary alicyclic amines) is 1. The minimum Gasteiger partial charge on any atom is -0.481 e. The van der Waals surface area contributed by atoms with E-state index in [1.54, 1.807) is 13.3 Å². The molecule has 0 amide bonds. The van der Waals surface area contributed by atoms with Crippen molar-refractivity contribution in [3.8, 4) is 17.4 Å². The highest BCUT2D eigenvalue weighted by atomic mass is 32.2. The lowest BCUT2D eigenvalue weighted by Gasteiger charge is -2.29. The topological polar surface area (TPSA) is 80.8 Å². The molecule has 1 N–H and O–H groups in total. The Bertz CT molecular complexity index is 1210. The first-order valence-corrected chi connectivity index (χ1v) is 13.1. The largest absolute Gasteiger partial charge is 0.481 e. The molecule has 2 aliphatic rings. The second kappa shape index (κ2) is 9.74. The molecule has 2 aromatic carbocycles. The van der Waals surface area contributed by atoms with E-state index in [0.29, 0.717) is 12.4 Å². The summed E-state index contributed by atoms with van der Waals surface area (Å²) in [4.78, 5) is 6.69. The van der Waals surface area contributed by atoms with Crippen molar-refractivity contribution in [3.63, 3.8) is 0 Å². The van der Waals surface area contributed by atoms with Crippen LogP contribution >= 0.6 is 0 Å². The van der Waals surface area contributed by atoms with Gasteiger partial charge in [0.05, 0.1) is 18.4 Å². The molecule has 5 rings (SSSR count). The van der Waals surface area contributed by atoms with Crippen LogP contribution in [0.3, 0.4) is 0 Å². The number of aromatic nitrogens is 1. The van der Waals surface area contributed by atoms with Gasteiger partial charge < -0.3 is 9.47 Å². The van der Waals surface area contributed by atoms with Gasteiger partial charge in [0.25, 0.3) is 0 Å². The normalized spacial score (nSPS) is 20.9. The number of para-hydroxylation sites is 1. The van der Waals surface area contributed by atoms with Crippen LogP contribution in [0.2, 0.25) is 0 Å². The van der Waals surface area contributed by atoms with Gasteiger partial charge in [-0.05, 0) is 54.7 Å². The molecule has 8 heteroatoms. The molecule has 1 aliphatic carbocycles. The third-order valence-electron chi connectivity index (χ3n) is 6.35. The molecule has 2 unspecified atom stereocenters. The number of sulfonamides is 1. The molecule has 0 radical (unpaired) electrons. The van der Waals surface area contributed by atoms with Crippen LogP contribution < -0.4 is 14.2 Å². The smallest absolute Gasteiger partial charge is 0.214 e. The molecule has 2 atom stereocenters. The maximum atomic E-state index is 12.7. The number of ether oxygens (including phenoxy) is 2. The van der Waals surface area contributed by atoms with Gasteiger partial charge in [0.1, 0.15) is 11.5 Å². The number of pyridine rings is 1. The average Bonchev–Trinajstić information content (AvgIpc) is 3.64. The number of hydrogen-bond donors (Lipinski definition) is 1. The SMILES string of the molecule is COc1ccc(C2C(NS(=O)(=O)C3CC3)CCN2Cc2cccc(Oc3ccccc3)c2)cn1. The fourth-order valence-electron chi connectivity index (χ4n) is 4.54. The first kappa shape index (κ1) is 22.8. The van der Waals surface area contributed by atoms with Crippen molar-refractivity contribution in [2.75, 3.05) is 13.7 Å². The molecule has 1 aliphatic heterocycles. The summed E-state index contributed by atoms with van der Waals surface area (Å²) in [6.45, 7) is 1.45. The third-order valence-corrected chi connectivity index (χ3v) is 8.33. The molecule has 3 aromatic rings. The van der Waals surface area contributed by atoms with Gasteiger partial charge in [-0.3, -0.25) is 4.90 Å². The lowest BCUT2D eigenvalue weighted by molar-refractivity contribution is 0.234. The Hall–Kier alpha value is -2.94. The first-order valence-electron chi connectivity index (χ1n) is 11.6. The molecular weight excluding hydrogens is 450 g/mol. The molecule has 0 bridgehead atoms. The fourth-order valence-corrected chi connectivity index (χ4v) is 6.16. The predicted octanol–water partition coefficient (Wildman–Crippen LogP) is 4.28. The maximum absolute atomic E-state index is 12.7. The molecule has 0 spiro atoms. The molecule has 1 aromatic heterocycles. The molecule has 2 fully saturated rings. The highest BCUT2D eigenvalue weighted by molar-refractivity contribution is 7.90. The Morgan fingerprint density at radius 3 is 2.50 bits per heavy atom. The van der Waals surface area contributed by atoms with Crippen molar-refractivity contribution in [1.82, 2.24) is 14.6 Å². The second-order valence-corrected chi connectivity index (χ2v) is 10.9. The number of methoxy groups -OCH3 is 1. The van der Waals surface area contributed by atoms with E-state index in [0.717, 1.165) is 48.4 Å². The first-order chi connectivity index (χ1) is 16.5. The summed E-state index contributed by atoms with van der Waals surface area (Å²) in [6.07, 6.45) is 4.02. The van der Waals surface area contributed by atoms with E-state index in [2.05, 4.69) is 20.7 Å². The summed E-state index contributed by atoms with van der Waals surface area (Å²) in [5.41, 5.74) is 2.07. The van der Waals surface area contributed by atoms with Crippen molar-refractivity contribution in [2.24, 2.45) is 0 Å². The van der Waals surface area contributed by atoms with Gasteiger partial charge in [-0.25, -0.2) is 18.1 Å². The summed E-state index contributed by atoms with van der Waals surface area (Å²) in [7, 11) is -1.72. The highest BCUT2D eigenvalue weighted by Crippen LogP contribution is 2.36. The van der Waals surface area contributed by atoms with E-state index >= 15 is 0 Å². The van der Waals surface area contributed by atoms with Gasteiger partial charge in [-0.2, -0.15) is 0 Å².